The first-order valence-corrected chi connectivity index (χ1v) is 7.40. The highest BCUT2D eigenvalue weighted by atomic mass is 79.9. The molecule has 1 heterocycles. The maximum absolute atomic E-state index is 6.13. The van der Waals surface area contributed by atoms with Gasteiger partial charge in [-0.3, -0.25) is 0 Å². The zero-order valence-corrected chi connectivity index (χ0v) is 12.9. The lowest BCUT2D eigenvalue weighted by Crippen LogP contribution is -2.05. The normalized spacial score (nSPS) is 12.5. The minimum atomic E-state index is 0.197. The van der Waals surface area contributed by atoms with Gasteiger partial charge in [-0.05, 0) is 47.1 Å². The molecule has 1 aromatic heterocycles. The lowest BCUT2D eigenvalue weighted by molar-refractivity contribution is 0.908. The van der Waals surface area contributed by atoms with Crippen molar-refractivity contribution in [2.24, 2.45) is 0 Å². The summed E-state index contributed by atoms with van der Waals surface area (Å²) in [6.07, 6.45) is 0. The predicted molar refractivity (Wildman–Crippen MR) is 80.5 cm³/mol. The van der Waals surface area contributed by atoms with Crippen LogP contribution in [0.15, 0.2) is 34.1 Å². The Morgan fingerprint density at radius 1 is 1.24 bits per heavy atom. The molecule has 0 amide bonds. The summed E-state index contributed by atoms with van der Waals surface area (Å²) in [5.74, 6) is 0. The van der Waals surface area contributed by atoms with E-state index in [1.165, 1.54) is 4.88 Å². The van der Waals surface area contributed by atoms with E-state index >= 15 is 0 Å². The fourth-order valence-corrected chi connectivity index (χ4v) is 3.26. The molecule has 5 heteroatoms. The molecule has 1 unspecified atom stereocenters. The third kappa shape index (κ3) is 3.16. The summed E-state index contributed by atoms with van der Waals surface area (Å²) in [4.78, 5) is 1.24. The smallest absolute Gasteiger partial charge is 0.0823 e. The van der Waals surface area contributed by atoms with Gasteiger partial charge in [0, 0.05) is 4.88 Å². The number of thiophene rings is 1. The molecule has 0 aliphatic carbocycles. The van der Waals surface area contributed by atoms with Gasteiger partial charge in [-0.15, -0.1) is 11.3 Å². The molecule has 0 aliphatic heterocycles. The van der Waals surface area contributed by atoms with Gasteiger partial charge < -0.3 is 5.32 Å². The summed E-state index contributed by atoms with van der Waals surface area (Å²) >= 11 is 17.3. The van der Waals surface area contributed by atoms with E-state index in [0.717, 1.165) is 9.47 Å². The number of halogens is 3. The van der Waals surface area contributed by atoms with Crippen molar-refractivity contribution >= 4 is 56.2 Å². The molecule has 2 aromatic rings. The molecule has 0 aliphatic rings. The molecule has 1 nitrogen and oxygen atoms in total. The molecule has 90 valence electrons. The summed E-state index contributed by atoms with van der Waals surface area (Å²) in [5.41, 5.74) is 0.858. The van der Waals surface area contributed by atoms with E-state index in [9.17, 15) is 0 Å². The van der Waals surface area contributed by atoms with Crippen LogP contribution in [0.5, 0.6) is 0 Å². The SMILES string of the molecule is CC(Nc1cccc(Cl)c1Cl)c1ccc(Br)s1. The Balaban J connectivity index is 2.18. The molecule has 1 aromatic carbocycles. The van der Waals surface area contributed by atoms with Crippen molar-refractivity contribution in [2.45, 2.75) is 13.0 Å². The van der Waals surface area contributed by atoms with Crippen molar-refractivity contribution in [1.29, 1.82) is 0 Å². The molecule has 1 atom stereocenters. The third-order valence-corrected chi connectivity index (χ3v) is 4.97. The summed E-state index contributed by atoms with van der Waals surface area (Å²) in [7, 11) is 0. The van der Waals surface area contributed by atoms with Crippen LogP contribution in [0.2, 0.25) is 10.0 Å². The van der Waals surface area contributed by atoms with Crippen LogP contribution in [0, 0.1) is 0 Å². The van der Waals surface area contributed by atoms with Crippen LogP contribution < -0.4 is 5.32 Å². The number of benzene rings is 1. The number of hydrogen-bond acceptors (Lipinski definition) is 2. The summed E-state index contributed by atoms with van der Waals surface area (Å²) in [5, 5.41) is 4.49. The Labute approximate surface area is 123 Å². The maximum Gasteiger partial charge on any atom is 0.0823 e. The molecule has 1 N–H and O–H groups in total. The number of hydrogen-bond donors (Lipinski definition) is 1. The Bertz CT molecular complexity index is 527. The van der Waals surface area contributed by atoms with Gasteiger partial charge >= 0.3 is 0 Å². The first-order valence-electron chi connectivity index (χ1n) is 5.03. The Morgan fingerprint density at radius 2 is 2.00 bits per heavy atom. The van der Waals surface area contributed by atoms with E-state index < -0.39 is 0 Å². The van der Waals surface area contributed by atoms with Crippen LogP contribution >= 0.6 is 50.5 Å². The Hall–Kier alpha value is -0.220. The van der Waals surface area contributed by atoms with Crippen molar-refractivity contribution in [2.75, 3.05) is 5.32 Å². The van der Waals surface area contributed by atoms with Crippen LogP contribution in [0.4, 0.5) is 5.69 Å². The zero-order chi connectivity index (χ0) is 12.4. The first kappa shape index (κ1) is 13.2. The third-order valence-electron chi connectivity index (χ3n) is 2.34. The van der Waals surface area contributed by atoms with Crippen molar-refractivity contribution < 1.29 is 0 Å². The predicted octanol–water partition coefficient (Wildman–Crippen LogP) is 5.99. The van der Waals surface area contributed by atoms with Crippen molar-refractivity contribution in [3.8, 4) is 0 Å². The summed E-state index contributed by atoms with van der Waals surface area (Å²) < 4.78 is 1.12. The van der Waals surface area contributed by atoms with E-state index in [-0.39, 0.29) is 6.04 Å². The minimum absolute atomic E-state index is 0.197. The van der Waals surface area contributed by atoms with E-state index in [1.807, 2.05) is 18.2 Å². The molecule has 2 rings (SSSR count). The standard InChI is InChI=1S/C12H10BrCl2NS/c1-7(10-5-6-11(13)17-10)16-9-4-2-3-8(14)12(9)15/h2-7,16H,1H3. The van der Waals surface area contributed by atoms with E-state index in [4.69, 9.17) is 23.2 Å². The first-order chi connectivity index (χ1) is 8.08. The molecular formula is C12H10BrCl2NS. The van der Waals surface area contributed by atoms with Gasteiger partial charge in [0.25, 0.3) is 0 Å². The fourth-order valence-electron chi connectivity index (χ4n) is 1.48. The van der Waals surface area contributed by atoms with Gasteiger partial charge in [0.15, 0.2) is 0 Å². The molecule has 0 bridgehead atoms. The molecule has 0 saturated carbocycles. The van der Waals surface area contributed by atoms with Gasteiger partial charge in [-0.25, -0.2) is 0 Å². The molecule has 0 fully saturated rings. The van der Waals surface area contributed by atoms with E-state index in [2.05, 4.69) is 34.2 Å². The molecule has 0 saturated heterocycles. The molecule has 0 radical (unpaired) electrons. The van der Waals surface area contributed by atoms with Gasteiger partial charge in [0.1, 0.15) is 0 Å². The second-order valence-corrected chi connectivity index (χ2v) is 6.89. The summed E-state index contributed by atoms with van der Waals surface area (Å²) in [6, 6.07) is 9.91. The van der Waals surface area contributed by atoms with Gasteiger partial charge in [-0.2, -0.15) is 0 Å². The molecule has 17 heavy (non-hydrogen) atoms. The monoisotopic (exact) mass is 349 g/mol. The highest BCUT2D eigenvalue weighted by Gasteiger charge is 2.11. The Kier molecular flexibility index (Phi) is 4.36. The number of anilines is 1. The average Bonchev–Trinajstić information content (AvgIpc) is 2.72. The number of nitrogens with one attached hydrogen (secondary N) is 1. The van der Waals surface area contributed by atoms with Gasteiger partial charge in [0.05, 0.1) is 25.6 Å². The van der Waals surface area contributed by atoms with Crippen LogP contribution in [-0.2, 0) is 0 Å². The van der Waals surface area contributed by atoms with Crippen molar-refractivity contribution in [3.05, 3.63) is 49.0 Å². The highest BCUT2D eigenvalue weighted by Crippen LogP contribution is 2.34. The van der Waals surface area contributed by atoms with Crippen LogP contribution in [0.3, 0.4) is 0 Å². The van der Waals surface area contributed by atoms with E-state index in [1.54, 1.807) is 17.4 Å². The van der Waals surface area contributed by atoms with Crippen LogP contribution in [0.1, 0.15) is 17.8 Å². The second kappa shape index (κ2) is 5.61. The Morgan fingerprint density at radius 3 is 2.65 bits per heavy atom. The number of rotatable bonds is 3. The highest BCUT2D eigenvalue weighted by molar-refractivity contribution is 9.11. The van der Waals surface area contributed by atoms with E-state index in [0.29, 0.717) is 10.0 Å². The quantitative estimate of drug-likeness (QED) is 0.716. The maximum atomic E-state index is 6.13. The van der Waals surface area contributed by atoms with Gasteiger partial charge in [-0.1, -0.05) is 29.3 Å². The molecule has 0 spiro atoms. The van der Waals surface area contributed by atoms with Crippen molar-refractivity contribution in [3.63, 3.8) is 0 Å². The minimum Gasteiger partial charge on any atom is -0.376 e. The van der Waals surface area contributed by atoms with Crippen molar-refractivity contribution in [1.82, 2.24) is 0 Å². The lowest BCUT2D eigenvalue weighted by atomic mass is 10.2. The topological polar surface area (TPSA) is 12.0 Å². The fraction of sp³-hybridized carbons (Fsp3) is 0.167. The van der Waals surface area contributed by atoms with Gasteiger partial charge in [0.2, 0.25) is 0 Å². The summed E-state index contributed by atoms with van der Waals surface area (Å²) in [6.45, 7) is 2.09. The largest absolute Gasteiger partial charge is 0.376 e. The van der Waals surface area contributed by atoms with Crippen LogP contribution in [-0.4, -0.2) is 0 Å². The average molecular weight is 351 g/mol. The lowest BCUT2D eigenvalue weighted by Gasteiger charge is -2.15. The second-order valence-electron chi connectivity index (χ2n) is 3.61. The van der Waals surface area contributed by atoms with Crippen LogP contribution in [0.25, 0.3) is 0 Å². The zero-order valence-electron chi connectivity index (χ0n) is 9.01. The molecular weight excluding hydrogens is 341 g/mol.